The molecule has 1 aliphatic rings. The first-order valence-corrected chi connectivity index (χ1v) is 9.66. The highest BCUT2D eigenvalue weighted by molar-refractivity contribution is 6.04. The van der Waals surface area contributed by atoms with Gasteiger partial charge in [0.05, 0.1) is 20.3 Å². The Hall–Kier alpha value is -3.55. The third-order valence-corrected chi connectivity index (χ3v) is 4.97. The number of nitrogens with one attached hydrogen (secondary N) is 3. The third kappa shape index (κ3) is 5.50. The molecule has 0 aliphatic carbocycles. The van der Waals surface area contributed by atoms with Crippen LogP contribution in [0.5, 0.6) is 11.5 Å². The first-order chi connectivity index (χ1) is 14.5. The Balaban J connectivity index is 1.68. The van der Waals surface area contributed by atoms with Crippen LogP contribution in [0, 0.1) is 0 Å². The summed E-state index contributed by atoms with van der Waals surface area (Å²) in [5.41, 5.74) is 1.98. The molecule has 2 aromatic rings. The molecule has 0 aromatic heterocycles. The third-order valence-electron chi connectivity index (χ3n) is 4.97. The first kappa shape index (κ1) is 21.2. The minimum absolute atomic E-state index is 0.119. The Morgan fingerprint density at radius 3 is 2.13 bits per heavy atom. The van der Waals surface area contributed by atoms with Crippen molar-refractivity contribution in [2.45, 2.75) is 31.3 Å². The van der Waals surface area contributed by atoms with Crippen LogP contribution < -0.4 is 25.4 Å². The highest BCUT2D eigenvalue weighted by Crippen LogP contribution is 2.23. The first-order valence-electron chi connectivity index (χ1n) is 9.66. The van der Waals surface area contributed by atoms with E-state index in [9.17, 15) is 14.4 Å². The number of methoxy groups -OCH3 is 2. The van der Waals surface area contributed by atoms with Gasteiger partial charge in [0.1, 0.15) is 17.5 Å². The van der Waals surface area contributed by atoms with E-state index in [1.807, 2.05) is 48.5 Å². The Morgan fingerprint density at radius 2 is 1.60 bits per heavy atom. The predicted octanol–water partition coefficient (Wildman–Crippen LogP) is 2.09. The molecule has 1 fully saturated rings. The molecule has 0 bridgehead atoms. The normalized spacial score (nSPS) is 16.4. The van der Waals surface area contributed by atoms with Crippen molar-refractivity contribution >= 4 is 17.8 Å². The fourth-order valence-corrected chi connectivity index (χ4v) is 3.29. The van der Waals surface area contributed by atoms with Crippen LogP contribution in [0.3, 0.4) is 0 Å². The lowest BCUT2D eigenvalue weighted by Crippen LogP contribution is -2.34. The lowest BCUT2D eigenvalue weighted by Gasteiger charge is -2.20. The van der Waals surface area contributed by atoms with E-state index in [1.54, 1.807) is 14.2 Å². The molecule has 2 atom stereocenters. The minimum Gasteiger partial charge on any atom is -0.497 e. The van der Waals surface area contributed by atoms with Gasteiger partial charge in [-0.15, -0.1) is 0 Å². The maximum absolute atomic E-state index is 12.6. The van der Waals surface area contributed by atoms with E-state index in [4.69, 9.17) is 9.47 Å². The lowest BCUT2D eigenvalue weighted by molar-refractivity contribution is -0.122. The van der Waals surface area contributed by atoms with E-state index in [0.717, 1.165) is 22.6 Å². The zero-order valence-electron chi connectivity index (χ0n) is 16.9. The summed E-state index contributed by atoms with van der Waals surface area (Å²) in [6.45, 7) is 0. The van der Waals surface area contributed by atoms with Gasteiger partial charge in [0.25, 0.3) is 5.91 Å². The molecule has 30 heavy (non-hydrogen) atoms. The second-order valence-electron chi connectivity index (χ2n) is 7.00. The molecule has 1 heterocycles. The van der Waals surface area contributed by atoms with Crippen LogP contribution in [-0.2, 0) is 16.0 Å². The maximum atomic E-state index is 12.6. The summed E-state index contributed by atoms with van der Waals surface area (Å²) in [6.07, 6.45) is 0.942. The number of benzene rings is 2. The standard InChI is InChI=1S/C22H25N3O5/c1-29-16-7-3-14(4-8-16)13-19(15-5-9-17(30-2)10-6-15)23-20(26)12-11-18-21(27)25-22(28)24-18/h3-10,18-19H,11-13H2,1-2H3,(H,23,26)(H2,24,25,27,28)/t18-,19-/m1/s1. The molecule has 0 radical (unpaired) electrons. The molecule has 3 N–H and O–H groups in total. The quantitative estimate of drug-likeness (QED) is 0.548. The van der Waals surface area contributed by atoms with Crippen LogP contribution in [-0.4, -0.2) is 38.1 Å². The smallest absolute Gasteiger partial charge is 0.322 e. The molecule has 3 rings (SSSR count). The number of hydrogen-bond acceptors (Lipinski definition) is 5. The Morgan fingerprint density at radius 1 is 1.00 bits per heavy atom. The van der Waals surface area contributed by atoms with Crippen molar-refractivity contribution in [3.63, 3.8) is 0 Å². The SMILES string of the molecule is COc1ccc(C[C@@H](NC(=O)CC[C@H]2NC(=O)NC2=O)c2ccc(OC)cc2)cc1. The van der Waals surface area contributed by atoms with E-state index in [2.05, 4.69) is 16.0 Å². The molecule has 4 amide bonds. The van der Waals surface area contributed by atoms with Crippen LogP contribution in [0.2, 0.25) is 0 Å². The van der Waals surface area contributed by atoms with Crippen molar-refractivity contribution in [2.24, 2.45) is 0 Å². The zero-order chi connectivity index (χ0) is 21.5. The van der Waals surface area contributed by atoms with Gasteiger partial charge in [-0.25, -0.2) is 4.79 Å². The fourth-order valence-electron chi connectivity index (χ4n) is 3.29. The molecule has 0 spiro atoms. The van der Waals surface area contributed by atoms with Gasteiger partial charge in [0.2, 0.25) is 5.91 Å². The van der Waals surface area contributed by atoms with Gasteiger partial charge >= 0.3 is 6.03 Å². The lowest BCUT2D eigenvalue weighted by atomic mass is 9.98. The average molecular weight is 411 g/mol. The van der Waals surface area contributed by atoms with E-state index in [0.29, 0.717) is 6.42 Å². The summed E-state index contributed by atoms with van der Waals surface area (Å²) in [7, 11) is 3.21. The molecule has 1 aliphatic heterocycles. The number of amides is 4. The Labute approximate surface area is 174 Å². The van der Waals surface area contributed by atoms with Crippen LogP contribution in [0.15, 0.2) is 48.5 Å². The highest BCUT2D eigenvalue weighted by Gasteiger charge is 2.29. The number of hydrogen-bond donors (Lipinski definition) is 3. The zero-order valence-corrected chi connectivity index (χ0v) is 16.9. The maximum Gasteiger partial charge on any atom is 0.322 e. The van der Waals surface area contributed by atoms with Crippen LogP contribution in [0.1, 0.15) is 30.0 Å². The topological polar surface area (TPSA) is 106 Å². The van der Waals surface area contributed by atoms with Gasteiger partial charge in [-0.05, 0) is 48.2 Å². The summed E-state index contributed by atoms with van der Waals surface area (Å²) < 4.78 is 10.4. The average Bonchev–Trinajstić information content (AvgIpc) is 3.09. The van der Waals surface area contributed by atoms with Gasteiger partial charge in [-0.2, -0.15) is 0 Å². The summed E-state index contributed by atoms with van der Waals surface area (Å²) in [5, 5.41) is 7.71. The van der Waals surface area contributed by atoms with Crippen molar-refractivity contribution in [3.8, 4) is 11.5 Å². The summed E-state index contributed by atoms with van der Waals surface area (Å²) in [5.74, 6) is 0.896. The predicted molar refractivity (Wildman–Crippen MR) is 110 cm³/mol. The molecule has 0 saturated carbocycles. The number of carbonyl (C=O) groups is 3. The second-order valence-corrected chi connectivity index (χ2v) is 7.00. The molecule has 158 valence electrons. The van der Waals surface area contributed by atoms with E-state index < -0.39 is 18.0 Å². The summed E-state index contributed by atoms with van der Waals surface area (Å²) >= 11 is 0. The number of urea groups is 1. The number of imide groups is 1. The molecule has 1 saturated heterocycles. The second kappa shape index (κ2) is 9.78. The molecule has 0 unspecified atom stereocenters. The molecule has 8 heteroatoms. The largest absolute Gasteiger partial charge is 0.497 e. The monoisotopic (exact) mass is 411 g/mol. The van der Waals surface area contributed by atoms with Gasteiger partial charge in [0, 0.05) is 6.42 Å². The van der Waals surface area contributed by atoms with Crippen molar-refractivity contribution in [2.75, 3.05) is 14.2 Å². The van der Waals surface area contributed by atoms with E-state index in [1.165, 1.54) is 0 Å². The highest BCUT2D eigenvalue weighted by atomic mass is 16.5. The van der Waals surface area contributed by atoms with Gasteiger partial charge in [0.15, 0.2) is 0 Å². The minimum atomic E-state index is -0.677. The molecular weight excluding hydrogens is 386 g/mol. The fraction of sp³-hybridized carbons (Fsp3) is 0.318. The van der Waals surface area contributed by atoms with Crippen molar-refractivity contribution < 1.29 is 23.9 Å². The number of carbonyl (C=O) groups excluding carboxylic acids is 3. The molecule has 8 nitrogen and oxygen atoms in total. The molecular formula is C22H25N3O5. The Kier molecular flexibility index (Phi) is 6.90. The Bertz CT molecular complexity index is 896. The van der Waals surface area contributed by atoms with Crippen LogP contribution in [0.25, 0.3) is 0 Å². The van der Waals surface area contributed by atoms with Crippen LogP contribution >= 0.6 is 0 Å². The van der Waals surface area contributed by atoms with Crippen LogP contribution in [0.4, 0.5) is 4.79 Å². The summed E-state index contributed by atoms with van der Waals surface area (Å²) in [6, 6.07) is 13.7. The summed E-state index contributed by atoms with van der Waals surface area (Å²) in [4.78, 5) is 35.4. The van der Waals surface area contributed by atoms with Crippen molar-refractivity contribution in [3.05, 3.63) is 59.7 Å². The van der Waals surface area contributed by atoms with Crippen molar-refractivity contribution in [1.29, 1.82) is 0 Å². The number of rotatable bonds is 9. The van der Waals surface area contributed by atoms with E-state index >= 15 is 0 Å². The van der Waals surface area contributed by atoms with E-state index in [-0.39, 0.29) is 24.8 Å². The van der Waals surface area contributed by atoms with Gasteiger partial charge in [-0.1, -0.05) is 24.3 Å². The van der Waals surface area contributed by atoms with Gasteiger partial charge < -0.3 is 20.1 Å². The van der Waals surface area contributed by atoms with Crippen molar-refractivity contribution in [1.82, 2.24) is 16.0 Å². The van der Waals surface area contributed by atoms with Gasteiger partial charge in [-0.3, -0.25) is 14.9 Å². The number of ether oxygens (including phenoxy) is 2. The molecule has 2 aromatic carbocycles.